The molecule has 0 bridgehead atoms. The highest BCUT2D eigenvalue weighted by Gasteiger charge is 2.19. The summed E-state index contributed by atoms with van der Waals surface area (Å²) in [4.78, 5) is 26.8. The average Bonchev–Trinajstić information content (AvgIpc) is 2.82. The van der Waals surface area contributed by atoms with Gasteiger partial charge in [0.1, 0.15) is 0 Å². The second-order valence-electron chi connectivity index (χ2n) is 6.68. The Kier molecular flexibility index (Phi) is 7.55. The van der Waals surface area contributed by atoms with E-state index in [1.807, 2.05) is 24.3 Å². The number of nitrogens with zero attached hydrogens (tertiary/aromatic N) is 1. The molecule has 9 heteroatoms. The van der Waals surface area contributed by atoms with Gasteiger partial charge in [-0.3, -0.25) is 4.79 Å². The molecule has 1 heterocycles. The van der Waals surface area contributed by atoms with Crippen molar-refractivity contribution in [2.45, 2.75) is 0 Å². The number of amides is 1. The number of carbonyl (C=O) groups excluding carboxylic acids is 2. The molecule has 0 saturated carbocycles. The largest absolute Gasteiger partial charge is 0.493 e. The first-order valence-corrected chi connectivity index (χ1v) is 9.75. The molecule has 0 aromatic heterocycles. The molecule has 1 aliphatic heterocycles. The van der Waals surface area contributed by atoms with E-state index in [1.165, 1.54) is 33.5 Å². The Labute approximate surface area is 180 Å². The fourth-order valence-electron chi connectivity index (χ4n) is 3.19. The summed E-state index contributed by atoms with van der Waals surface area (Å²) in [5, 5.41) is 2.71. The molecule has 166 valence electrons. The van der Waals surface area contributed by atoms with Crippen LogP contribution in [0, 0.1) is 0 Å². The van der Waals surface area contributed by atoms with Gasteiger partial charge < -0.3 is 33.9 Å². The van der Waals surface area contributed by atoms with Gasteiger partial charge in [0.25, 0.3) is 5.91 Å². The molecule has 0 aliphatic carbocycles. The molecule has 1 fully saturated rings. The normalized spacial score (nSPS) is 13.3. The average molecular weight is 430 g/mol. The van der Waals surface area contributed by atoms with E-state index in [1.54, 1.807) is 0 Å². The topological polar surface area (TPSA) is 95.6 Å². The summed E-state index contributed by atoms with van der Waals surface area (Å²) in [6.45, 7) is 2.65. The number of hydrogen-bond acceptors (Lipinski definition) is 8. The maximum absolute atomic E-state index is 12.4. The molecule has 1 aliphatic rings. The number of hydrogen-bond donors (Lipinski definition) is 1. The number of benzene rings is 2. The van der Waals surface area contributed by atoms with Crippen molar-refractivity contribution in [2.24, 2.45) is 0 Å². The molecule has 9 nitrogen and oxygen atoms in total. The lowest BCUT2D eigenvalue weighted by Crippen LogP contribution is -2.36. The van der Waals surface area contributed by atoms with Crippen molar-refractivity contribution in [2.75, 3.05) is 64.5 Å². The Hall–Kier alpha value is -3.46. The number of ether oxygens (including phenoxy) is 5. The van der Waals surface area contributed by atoms with Crippen molar-refractivity contribution in [3.05, 3.63) is 42.0 Å². The molecule has 0 spiro atoms. The van der Waals surface area contributed by atoms with Crippen molar-refractivity contribution in [1.82, 2.24) is 0 Å². The van der Waals surface area contributed by atoms with Gasteiger partial charge in [0.2, 0.25) is 5.75 Å². The van der Waals surface area contributed by atoms with Crippen molar-refractivity contribution >= 4 is 23.3 Å². The Morgan fingerprint density at radius 3 is 2.13 bits per heavy atom. The molecule has 1 amide bonds. The minimum absolute atomic E-state index is 0.178. The molecule has 2 aromatic carbocycles. The van der Waals surface area contributed by atoms with Gasteiger partial charge in [-0.25, -0.2) is 4.79 Å². The predicted molar refractivity (Wildman–Crippen MR) is 114 cm³/mol. The fourth-order valence-corrected chi connectivity index (χ4v) is 3.19. The van der Waals surface area contributed by atoms with Crippen LogP contribution in [0.4, 0.5) is 11.4 Å². The first kappa shape index (κ1) is 22.2. The van der Waals surface area contributed by atoms with Crippen LogP contribution >= 0.6 is 0 Å². The van der Waals surface area contributed by atoms with E-state index < -0.39 is 18.5 Å². The number of esters is 1. The minimum Gasteiger partial charge on any atom is -0.493 e. The summed E-state index contributed by atoms with van der Waals surface area (Å²) < 4.78 is 26.2. The van der Waals surface area contributed by atoms with E-state index in [-0.39, 0.29) is 5.56 Å². The third-order valence-electron chi connectivity index (χ3n) is 4.76. The highest BCUT2D eigenvalue weighted by atomic mass is 16.5. The third kappa shape index (κ3) is 5.58. The zero-order valence-electron chi connectivity index (χ0n) is 17.8. The van der Waals surface area contributed by atoms with Crippen LogP contribution < -0.4 is 24.4 Å². The Balaban J connectivity index is 1.56. The molecule has 3 rings (SSSR count). The number of methoxy groups -OCH3 is 3. The zero-order chi connectivity index (χ0) is 22.2. The van der Waals surface area contributed by atoms with E-state index in [0.717, 1.165) is 18.8 Å². The van der Waals surface area contributed by atoms with E-state index in [9.17, 15) is 9.59 Å². The number of anilines is 2. The van der Waals surface area contributed by atoms with Gasteiger partial charge in [0.15, 0.2) is 18.1 Å². The molecule has 0 radical (unpaired) electrons. The Bertz CT molecular complexity index is 884. The SMILES string of the molecule is COc1cc(C(=O)OCC(=O)Nc2ccc(N3CCOCC3)cc2)cc(OC)c1OC. The van der Waals surface area contributed by atoms with Crippen LogP contribution in [0.15, 0.2) is 36.4 Å². The Morgan fingerprint density at radius 1 is 0.968 bits per heavy atom. The van der Waals surface area contributed by atoms with Crippen molar-refractivity contribution in [3.63, 3.8) is 0 Å². The number of morpholine rings is 1. The predicted octanol–water partition coefficient (Wildman–Crippen LogP) is 2.34. The van der Waals surface area contributed by atoms with Crippen LogP contribution in [0.3, 0.4) is 0 Å². The van der Waals surface area contributed by atoms with Crippen LogP contribution in [0.2, 0.25) is 0 Å². The standard InChI is InChI=1S/C22H26N2O7/c1-27-18-12-15(13-19(28-2)21(18)29-3)22(26)31-14-20(25)23-16-4-6-17(7-5-16)24-8-10-30-11-9-24/h4-7,12-13H,8-11,14H2,1-3H3,(H,23,25). The van der Waals surface area contributed by atoms with Gasteiger partial charge in [-0.05, 0) is 36.4 Å². The van der Waals surface area contributed by atoms with Crippen LogP contribution in [-0.4, -0.2) is 66.1 Å². The van der Waals surface area contributed by atoms with Gasteiger partial charge in [-0.2, -0.15) is 0 Å². The molecule has 31 heavy (non-hydrogen) atoms. The van der Waals surface area contributed by atoms with E-state index in [0.29, 0.717) is 36.1 Å². The summed E-state index contributed by atoms with van der Waals surface area (Å²) in [7, 11) is 4.37. The lowest BCUT2D eigenvalue weighted by atomic mass is 10.2. The van der Waals surface area contributed by atoms with Crippen molar-refractivity contribution in [3.8, 4) is 17.2 Å². The molecule has 2 aromatic rings. The van der Waals surface area contributed by atoms with Crippen LogP contribution in [0.1, 0.15) is 10.4 Å². The summed E-state index contributed by atoms with van der Waals surface area (Å²) in [6.07, 6.45) is 0. The number of nitrogens with one attached hydrogen (secondary N) is 1. The highest BCUT2D eigenvalue weighted by molar-refractivity contribution is 5.96. The molecule has 0 unspecified atom stereocenters. The van der Waals surface area contributed by atoms with Gasteiger partial charge in [0.05, 0.1) is 40.1 Å². The number of rotatable bonds is 8. The summed E-state index contributed by atoms with van der Waals surface area (Å²) in [5.41, 5.74) is 1.86. The van der Waals surface area contributed by atoms with Crippen molar-refractivity contribution < 1.29 is 33.3 Å². The fraction of sp³-hybridized carbons (Fsp3) is 0.364. The van der Waals surface area contributed by atoms with Gasteiger partial charge >= 0.3 is 5.97 Å². The Morgan fingerprint density at radius 2 is 1.58 bits per heavy atom. The monoisotopic (exact) mass is 430 g/mol. The van der Waals surface area contributed by atoms with E-state index in [2.05, 4.69) is 10.2 Å². The van der Waals surface area contributed by atoms with Crippen LogP contribution in [0.25, 0.3) is 0 Å². The van der Waals surface area contributed by atoms with E-state index in [4.69, 9.17) is 23.7 Å². The lowest BCUT2D eigenvalue weighted by molar-refractivity contribution is -0.119. The second-order valence-corrected chi connectivity index (χ2v) is 6.68. The summed E-state index contributed by atoms with van der Waals surface area (Å²) >= 11 is 0. The maximum Gasteiger partial charge on any atom is 0.338 e. The molecule has 1 saturated heterocycles. The number of carbonyl (C=O) groups is 2. The minimum atomic E-state index is -0.683. The summed E-state index contributed by atoms with van der Waals surface area (Å²) in [6, 6.07) is 10.4. The van der Waals surface area contributed by atoms with Gasteiger partial charge in [-0.15, -0.1) is 0 Å². The van der Waals surface area contributed by atoms with Crippen molar-refractivity contribution in [1.29, 1.82) is 0 Å². The molecular weight excluding hydrogens is 404 g/mol. The second kappa shape index (κ2) is 10.5. The third-order valence-corrected chi connectivity index (χ3v) is 4.76. The quantitative estimate of drug-likeness (QED) is 0.638. The highest BCUT2D eigenvalue weighted by Crippen LogP contribution is 2.38. The smallest absolute Gasteiger partial charge is 0.338 e. The molecule has 0 atom stereocenters. The van der Waals surface area contributed by atoms with Gasteiger partial charge in [0, 0.05) is 24.5 Å². The van der Waals surface area contributed by atoms with Crippen LogP contribution in [-0.2, 0) is 14.3 Å². The van der Waals surface area contributed by atoms with Gasteiger partial charge in [-0.1, -0.05) is 0 Å². The first-order valence-electron chi connectivity index (χ1n) is 9.75. The zero-order valence-corrected chi connectivity index (χ0v) is 17.8. The van der Waals surface area contributed by atoms with Crippen LogP contribution in [0.5, 0.6) is 17.2 Å². The molecule has 1 N–H and O–H groups in total. The lowest BCUT2D eigenvalue weighted by Gasteiger charge is -2.28. The first-order chi connectivity index (χ1) is 15.0. The maximum atomic E-state index is 12.4. The van der Waals surface area contributed by atoms with E-state index >= 15 is 0 Å². The molecular formula is C22H26N2O7. The summed E-state index contributed by atoms with van der Waals surface area (Å²) in [5.74, 6) is -0.131.